The molecule has 1 rings (SSSR count). The van der Waals surface area contributed by atoms with E-state index in [1.165, 1.54) is 24.2 Å². The number of hydrogen-bond donors (Lipinski definition) is 0. The van der Waals surface area contributed by atoms with Gasteiger partial charge >= 0.3 is 11.9 Å². The molecular weight excluding hydrogens is 194 g/mol. The summed E-state index contributed by atoms with van der Waals surface area (Å²) >= 11 is 0. The number of ether oxygens (including phenoxy) is 1. The quantitative estimate of drug-likeness (QED) is 0.520. The Morgan fingerprint density at radius 2 is 2.07 bits per heavy atom. The molecule has 0 spiro atoms. The van der Waals surface area contributed by atoms with Gasteiger partial charge in [-0.1, -0.05) is 19.3 Å². The van der Waals surface area contributed by atoms with Crippen molar-refractivity contribution in [2.45, 2.75) is 32.6 Å². The van der Waals surface area contributed by atoms with E-state index in [1.54, 1.807) is 14.0 Å². The third-order valence-electron chi connectivity index (χ3n) is 2.89. The zero-order valence-corrected chi connectivity index (χ0v) is 9.49. The van der Waals surface area contributed by atoms with Crippen molar-refractivity contribution in [3.05, 3.63) is 0 Å². The Morgan fingerprint density at radius 3 is 2.53 bits per heavy atom. The second kappa shape index (κ2) is 5.73. The second-order valence-corrected chi connectivity index (χ2v) is 4.03. The lowest BCUT2D eigenvalue weighted by molar-refractivity contribution is -0.159. The summed E-state index contributed by atoms with van der Waals surface area (Å²) in [6.07, 6.45) is 4.84. The summed E-state index contributed by atoms with van der Waals surface area (Å²) in [7, 11) is 1.65. The first-order valence-electron chi connectivity index (χ1n) is 5.57. The molecule has 1 amide bonds. The van der Waals surface area contributed by atoms with Crippen LogP contribution in [0.2, 0.25) is 0 Å². The molecule has 4 nitrogen and oxygen atoms in total. The van der Waals surface area contributed by atoms with E-state index in [0.29, 0.717) is 6.54 Å². The van der Waals surface area contributed by atoms with E-state index in [4.69, 9.17) is 0 Å². The maximum Gasteiger partial charge on any atom is 0.396 e. The van der Waals surface area contributed by atoms with Crippen LogP contribution in [0, 0.1) is 5.92 Å². The molecule has 15 heavy (non-hydrogen) atoms. The monoisotopic (exact) mass is 213 g/mol. The first-order valence-corrected chi connectivity index (χ1v) is 5.57. The van der Waals surface area contributed by atoms with Gasteiger partial charge in [0.15, 0.2) is 0 Å². The summed E-state index contributed by atoms with van der Waals surface area (Å²) in [4.78, 5) is 24.0. The smallest absolute Gasteiger partial charge is 0.396 e. The first kappa shape index (κ1) is 12.0. The van der Waals surface area contributed by atoms with Gasteiger partial charge in [-0.05, 0) is 19.3 Å². The lowest BCUT2D eigenvalue weighted by atomic mass is 9.83. The van der Waals surface area contributed by atoms with Crippen LogP contribution in [0.15, 0.2) is 0 Å². The number of amides is 1. The van der Waals surface area contributed by atoms with Crippen molar-refractivity contribution in [2.75, 3.05) is 20.2 Å². The lowest BCUT2D eigenvalue weighted by Crippen LogP contribution is -2.36. The Bertz CT molecular complexity index is 236. The predicted molar refractivity (Wildman–Crippen MR) is 56.2 cm³/mol. The molecule has 86 valence electrons. The molecule has 0 aromatic heterocycles. The minimum absolute atomic E-state index is 0.251. The van der Waals surface area contributed by atoms with Crippen LogP contribution >= 0.6 is 0 Å². The Hall–Kier alpha value is -1.06. The normalized spacial score (nSPS) is 15.6. The van der Waals surface area contributed by atoms with E-state index in [0.717, 1.165) is 12.3 Å². The lowest BCUT2D eigenvalue weighted by Gasteiger charge is -2.27. The zero-order chi connectivity index (χ0) is 11.3. The number of carbonyl (C=O) groups excluding carboxylic acids is 2. The molecule has 0 aromatic carbocycles. The van der Waals surface area contributed by atoms with Crippen molar-refractivity contribution >= 4 is 11.9 Å². The van der Waals surface area contributed by atoms with Crippen LogP contribution in [-0.2, 0) is 14.3 Å². The van der Waals surface area contributed by atoms with Gasteiger partial charge in [0.05, 0.1) is 6.61 Å². The molecule has 0 N–H and O–H groups in total. The van der Waals surface area contributed by atoms with Crippen LogP contribution < -0.4 is 0 Å². The van der Waals surface area contributed by atoms with E-state index < -0.39 is 11.9 Å². The third kappa shape index (κ3) is 3.53. The second-order valence-electron chi connectivity index (χ2n) is 4.03. The van der Waals surface area contributed by atoms with Crippen LogP contribution in [0.4, 0.5) is 0 Å². The van der Waals surface area contributed by atoms with Gasteiger partial charge in [0.2, 0.25) is 0 Å². The Kier molecular flexibility index (Phi) is 4.59. The van der Waals surface area contributed by atoms with Crippen molar-refractivity contribution in [1.29, 1.82) is 0 Å². The van der Waals surface area contributed by atoms with Gasteiger partial charge in [0, 0.05) is 13.6 Å². The molecule has 4 heteroatoms. The third-order valence-corrected chi connectivity index (χ3v) is 2.89. The largest absolute Gasteiger partial charge is 0.459 e. The van der Waals surface area contributed by atoms with Crippen LogP contribution in [-0.4, -0.2) is 37.0 Å². The van der Waals surface area contributed by atoms with Crippen LogP contribution in [0.1, 0.15) is 32.6 Å². The van der Waals surface area contributed by atoms with Gasteiger partial charge in [-0.15, -0.1) is 0 Å². The Labute approximate surface area is 90.6 Å². The van der Waals surface area contributed by atoms with Crippen LogP contribution in [0.5, 0.6) is 0 Å². The summed E-state index contributed by atoms with van der Waals surface area (Å²) in [5.41, 5.74) is 0. The average Bonchev–Trinajstić information content (AvgIpc) is 2.14. The van der Waals surface area contributed by atoms with Crippen LogP contribution in [0.25, 0.3) is 0 Å². The highest BCUT2D eigenvalue weighted by atomic mass is 16.5. The average molecular weight is 213 g/mol. The summed E-state index contributed by atoms with van der Waals surface area (Å²) in [6.45, 7) is 2.60. The predicted octanol–water partition coefficient (Wildman–Crippen LogP) is 1.20. The minimum atomic E-state index is -0.742. The highest BCUT2D eigenvalue weighted by Crippen LogP contribution is 2.29. The number of rotatable bonds is 4. The molecule has 0 saturated heterocycles. The van der Waals surface area contributed by atoms with E-state index in [1.807, 2.05) is 0 Å². The molecule has 1 fully saturated rings. The molecule has 1 aliphatic carbocycles. The minimum Gasteiger partial charge on any atom is -0.459 e. The molecule has 0 unspecified atom stereocenters. The number of esters is 1. The van der Waals surface area contributed by atoms with Crippen molar-refractivity contribution in [1.82, 2.24) is 4.90 Å². The summed E-state index contributed by atoms with van der Waals surface area (Å²) in [6, 6.07) is 0. The van der Waals surface area contributed by atoms with Crippen molar-refractivity contribution in [2.24, 2.45) is 5.92 Å². The van der Waals surface area contributed by atoms with Gasteiger partial charge < -0.3 is 9.64 Å². The van der Waals surface area contributed by atoms with E-state index in [-0.39, 0.29) is 6.61 Å². The highest BCUT2D eigenvalue weighted by molar-refractivity contribution is 6.32. The molecule has 0 atom stereocenters. The molecular formula is C11H19NO3. The molecule has 1 aliphatic rings. The van der Waals surface area contributed by atoms with Gasteiger partial charge in [0.1, 0.15) is 0 Å². The molecule has 1 saturated carbocycles. The SMILES string of the molecule is CCOC(=O)C(=O)N(C)CCC1CCC1. The highest BCUT2D eigenvalue weighted by Gasteiger charge is 2.22. The maximum absolute atomic E-state index is 11.4. The number of hydrogen-bond acceptors (Lipinski definition) is 3. The van der Waals surface area contributed by atoms with Crippen molar-refractivity contribution in [3.63, 3.8) is 0 Å². The van der Waals surface area contributed by atoms with E-state index >= 15 is 0 Å². The number of likely N-dealkylation sites (N-methyl/N-ethyl adjacent to an activating group) is 1. The maximum atomic E-state index is 11.4. The van der Waals surface area contributed by atoms with Gasteiger partial charge in [-0.25, -0.2) is 4.79 Å². The fourth-order valence-corrected chi connectivity index (χ4v) is 1.61. The Morgan fingerprint density at radius 1 is 1.40 bits per heavy atom. The standard InChI is InChI=1S/C11H19NO3/c1-3-15-11(14)10(13)12(2)8-7-9-5-4-6-9/h9H,3-8H2,1-2H3. The van der Waals surface area contributed by atoms with Gasteiger partial charge in [0.25, 0.3) is 0 Å². The summed E-state index contributed by atoms with van der Waals surface area (Å²) in [5, 5.41) is 0. The van der Waals surface area contributed by atoms with E-state index in [9.17, 15) is 9.59 Å². The van der Waals surface area contributed by atoms with Crippen molar-refractivity contribution < 1.29 is 14.3 Å². The van der Waals surface area contributed by atoms with E-state index in [2.05, 4.69) is 4.74 Å². The number of nitrogens with zero attached hydrogens (tertiary/aromatic N) is 1. The summed E-state index contributed by atoms with van der Waals surface area (Å²) < 4.78 is 4.64. The molecule has 0 radical (unpaired) electrons. The summed E-state index contributed by atoms with van der Waals surface area (Å²) in [5.74, 6) is -0.521. The topological polar surface area (TPSA) is 46.6 Å². The zero-order valence-electron chi connectivity index (χ0n) is 9.49. The first-order chi connectivity index (χ1) is 7.15. The molecule has 0 bridgehead atoms. The Balaban J connectivity index is 2.22. The fraction of sp³-hybridized carbons (Fsp3) is 0.818. The van der Waals surface area contributed by atoms with Crippen LogP contribution in [0.3, 0.4) is 0 Å². The molecule has 0 aromatic rings. The van der Waals surface area contributed by atoms with Gasteiger partial charge in [-0.2, -0.15) is 0 Å². The molecule has 0 heterocycles. The number of carbonyl (C=O) groups is 2. The molecule has 0 aliphatic heterocycles. The fourth-order valence-electron chi connectivity index (χ4n) is 1.61. The van der Waals surface area contributed by atoms with Gasteiger partial charge in [-0.3, -0.25) is 4.79 Å². The van der Waals surface area contributed by atoms with Crippen molar-refractivity contribution in [3.8, 4) is 0 Å².